The van der Waals surface area contributed by atoms with E-state index in [9.17, 15) is 0 Å². The molecular weight excluding hydrogens is 741 g/mol. The molecule has 0 unspecified atom stereocenters. The van der Waals surface area contributed by atoms with E-state index in [4.69, 9.17) is 15.1 Å². The predicted octanol–water partition coefficient (Wildman–Crippen LogP) is 14.6. The van der Waals surface area contributed by atoms with Gasteiger partial charge in [0.05, 0.1) is 22.6 Å². The zero-order valence-corrected chi connectivity index (χ0v) is 33.2. The number of fused-ring (bicyclic) bond motifs is 3. The van der Waals surface area contributed by atoms with Gasteiger partial charge in [0.1, 0.15) is 5.69 Å². The standard InChI is InChI=1S/C57H38N4/c1-6-18-39(19-7-1)44-28-16-30-48(34-44)52-38-51(40-20-8-2-9-21-40)58-57(59-52)49-31-17-29-45(35-49)46-32-33-47-37-53(41-22-10-3-11-23-41)61-56(50(47)36-46)54(42-24-12-4-13-25-42)55(60-61)43-26-14-5-15-27-43/h1-38H. The summed E-state index contributed by atoms with van der Waals surface area (Å²) in [5, 5.41) is 7.70. The van der Waals surface area contributed by atoms with E-state index in [-0.39, 0.29) is 0 Å². The molecule has 0 saturated carbocycles. The molecule has 0 saturated heterocycles. The van der Waals surface area contributed by atoms with Crippen molar-refractivity contribution in [3.05, 3.63) is 231 Å². The molecule has 0 fully saturated rings. The highest BCUT2D eigenvalue weighted by atomic mass is 15.2. The fourth-order valence-corrected chi connectivity index (χ4v) is 8.41. The second-order valence-electron chi connectivity index (χ2n) is 15.3. The van der Waals surface area contributed by atoms with Gasteiger partial charge in [0.25, 0.3) is 0 Å². The third kappa shape index (κ3) is 6.86. The van der Waals surface area contributed by atoms with Crippen molar-refractivity contribution in [2.24, 2.45) is 0 Å². The van der Waals surface area contributed by atoms with E-state index in [0.29, 0.717) is 5.82 Å². The van der Waals surface area contributed by atoms with Crippen LogP contribution in [0.4, 0.5) is 0 Å². The van der Waals surface area contributed by atoms with E-state index in [1.54, 1.807) is 0 Å². The third-order valence-corrected chi connectivity index (χ3v) is 11.4. The summed E-state index contributed by atoms with van der Waals surface area (Å²) in [6.07, 6.45) is 0. The Hall–Kier alpha value is -8.21. The van der Waals surface area contributed by atoms with Crippen LogP contribution in [0.1, 0.15) is 0 Å². The molecule has 0 spiro atoms. The average Bonchev–Trinajstić information content (AvgIpc) is 3.76. The van der Waals surface area contributed by atoms with Crippen LogP contribution in [0.25, 0.3) is 106 Å². The number of hydrogen-bond donors (Lipinski definition) is 0. The summed E-state index contributed by atoms with van der Waals surface area (Å²) in [6.45, 7) is 0. The number of hydrogen-bond acceptors (Lipinski definition) is 3. The summed E-state index contributed by atoms with van der Waals surface area (Å²) in [4.78, 5) is 10.5. The first kappa shape index (κ1) is 35.9. The first-order valence-corrected chi connectivity index (χ1v) is 20.6. The van der Waals surface area contributed by atoms with Gasteiger partial charge in [0.2, 0.25) is 0 Å². The lowest BCUT2D eigenvalue weighted by Gasteiger charge is -2.13. The van der Waals surface area contributed by atoms with Crippen molar-refractivity contribution >= 4 is 16.3 Å². The molecule has 0 aliphatic heterocycles. The van der Waals surface area contributed by atoms with Crippen molar-refractivity contribution in [3.63, 3.8) is 0 Å². The maximum Gasteiger partial charge on any atom is 0.160 e. The fourth-order valence-electron chi connectivity index (χ4n) is 8.41. The topological polar surface area (TPSA) is 43.1 Å². The summed E-state index contributed by atoms with van der Waals surface area (Å²) >= 11 is 0. The molecule has 0 bridgehead atoms. The van der Waals surface area contributed by atoms with Gasteiger partial charge < -0.3 is 0 Å². The number of nitrogens with zero attached hydrogens (tertiary/aromatic N) is 4. The fraction of sp³-hybridized carbons (Fsp3) is 0. The maximum atomic E-state index is 5.43. The van der Waals surface area contributed by atoms with Gasteiger partial charge in [0, 0.05) is 38.8 Å². The highest BCUT2D eigenvalue weighted by Gasteiger charge is 2.22. The molecule has 4 heteroatoms. The maximum absolute atomic E-state index is 5.43. The molecular formula is C57H38N4. The van der Waals surface area contributed by atoms with Crippen molar-refractivity contribution in [3.8, 4) is 89.8 Å². The Morgan fingerprint density at radius 3 is 1.44 bits per heavy atom. The van der Waals surface area contributed by atoms with Gasteiger partial charge >= 0.3 is 0 Å². The van der Waals surface area contributed by atoms with Gasteiger partial charge in [-0.3, -0.25) is 0 Å². The summed E-state index contributed by atoms with van der Waals surface area (Å²) in [5.41, 5.74) is 16.7. The average molecular weight is 779 g/mol. The summed E-state index contributed by atoms with van der Waals surface area (Å²) in [6, 6.07) is 81.0. The van der Waals surface area contributed by atoms with Gasteiger partial charge in [-0.15, -0.1) is 0 Å². The molecule has 0 aliphatic rings. The lowest BCUT2D eigenvalue weighted by Crippen LogP contribution is -1.97. The van der Waals surface area contributed by atoms with Crippen LogP contribution in [0.5, 0.6) is 0 Å². The molecule has 0 amide bonds. The normalized spacial score (nSPS) is 11.3. The van der Waals surface area contributed by atoms with Gasteiger partial charge in [-0.1, -0.05) is 200 Å². The minimum Gasteiger partial charge on any atom is -0.231 e. The Bertz CT molecular complexity index is 3320. The Morgan fingerprint density at radius 1 is 0.311 bits per heavy atom. The SMILES string of the molecule is c1ccc(-c2cccc(-c3cc(-c4ccccc4)nc(-c4cccc(-c5ccc6cc(-c7ccccc7)n7nc(-c8ccccc8)c(-c8ccccc8)c7c6c5)c4)n3)c2)cc1. The zero-order chi connectivity index (χ0) is 40.5. The molecule has 4 nitrogen and oxygen atoms in total. The molecule has 0 radical (unpaired) electrons. The highest BCUT2D eigenvalue weighted by molar-refractivity contribution is 6.09. The van der Waals surface area contributed by atoms with Crippen LogP contribution in [0.2, 0.25) is 0 Å². The quantitative estimate of drug-likeness (QED) is 0.154. The van der Waals surface area contributed by atoms with Crippen LogP contribution in [0, 0.1) is 0 Å². The molecule has 0 atom stereocenters. The lowest BCUT2D eigenvalue weighted by atomic mass is 9.94. The Morgan fingerprint density at radius 2 is 0.787 bits per heavy atom. The van der Waals surface area contributed by atoms with Crippen LogP contribution < -0.4 is 0 Å². The van der Waals surface area contributed by atoms with Crippen LogP contribution in [-0.4, -0.2) is 19.6 Å². The summed E-state index contributed by atoms with van der Waals surface area (Å²) < 4.78 is 2.15. The lowest BCUT2D eigenvalue weighted by molar-refractivity contribution is 0.979. The molecule has 61 heavy (non-hydrogen) atoms. The molecule has 8 aromatic carbocycles. The molecule has 0 aliphatic carbocycles. The Kier molecular flexibility index (Phi) is 9.14. The van der Waals surface area contributed by atoms with Crippen LogP contribution >= 0.6 is 0 Å². The van der Waals surface area contributed by atoms with E-state index in [1.807, 2.05) is 12.1 Å². The van der Waals surface area contributed by atoms with Crippen molar-refractivity contribution in [1.82, 2.24) is 19.6 Å². The van der Waals surface area contributed by atoms with E-state index in [2.05, 4.69) is 223 Å². The minimum absolute atomic E-state index is 0.675. The minimum atomic E-state index is 0.675. The van der Waals surface area contributed by atoms with Gasteiger partial charge in [-0.2, -0.15) is 5.10 Å². The smallest absolute Gasteiger partial charge is 0.160 e. The first-order valence-electron chi connectivity index (χ1n) is 20.6. The van der Waals surface area contributed by atoms with Crippen LogP contribution in [0.3, 0.4) is 0 Å². The molecule has 0 N–H and O–H groups in total. The Balaban J connectivity index is 1.09. The number of benzene rings is 8. The molecule has 11 rings (SSSR count). The first-order chi connectivity index (χ1) is 30.2. The number of rotatable bonds is 8. The van der Waals surface area contributed by atoms with Crippen molar-refractivity contribution in [2.75, 3.05) is 0 Å². The second-order valence-corrected chi connectivity index (χ2v) is 15.3. The summed E-state index contributed by atoms with van der Waals surface area (Å²) in [5.74, 6) is 0.675. The highest BCUT2D eigenvalue weighted by Crippen LogP contribution is 2.42. The summed E-state index contributed by atoms with van der Waals surface area (Å²) in [7, 11) is 0. The largest absolute Gasteiger partial charge is 0.231 e. The zero-order valence-electron chi connectivity index (χ0n) is 33.2. The van der Waals surface area contributed by atoms with E-state index in [1.165, 1.54) is 5.56 Å². The van der Waals surface area contributed by atoms with E-state index < -0.39 is 0 Å². The van der Waals surface area contributed by atoms with Gasteiger partial charge in [-0.25, -0.2) is 14.5 Å². The van der Waals surface area contributed by atoms with Crippen molar-refractivity contribution in [1.29, 1.82) is 0 Å². The van der Waals surface area contributed by atoms with Gasteiger partial charge in [-0.05, 0) is 63.5 Å². The van der Waals surface area contributed by atoms with Crippen molar-refractivity contribution < 1.29 is 0 Å². The molecule has 3 aromatic heterocycles. The van der Waals surface area contributed by atoms with Crippen molar-refractivity contribution in [2.45, 2.75) is 0 Å². The van der Waals surface area contributed by atoms with Gasteiger partial charge in [0.15, 0.2) is 5.82 Å². The third-order valence-electron chi connectivity index (χ3n) is 11.4. The molecule has 3 heterocycles. The second kappa shape index (κ2) is 15.5. The number of pyridine rings is 1. The number of aromatic nitrogens is 4. The van der Waals surface area contributed by atoms with Crippen LogP contribution in [-0.2, 0) is 0 Å². The Labute approximate surface area is 354 Å². The molecule has 286 valence electrons. The van der Waals surface area contributed by atoms with Crippen LogP contribution in [0.15, 0.2) is 231 Å². The monoisotopic (exact) mass is 778 g/mol. The van der Waals surface area contributed by atoms with E-state index in [0.717, 1.165) is 94.7 Å². The molecule has 11 aromatic rings. The van der Waals surface area contributed by atoms with E-state index >= 15 is 0 Å². The predicted molar refractivity (Wildman–Crippen MR) is 252 cm³/mol.